The second-order valence-electron chi connectivity index (χ2n) is 7.04. The minimum Gasteiger partial charge on any atom is -0.465 e. The molecule has 0 aliphatic heterocycles. The largest absolute Gasteiger partial charge is 0.465 e. The van der Waals surface area contributed by atoms with Crippen LogP contribution >= 0.6 is 0 Å². The van der Waals surface area contributed by atoms with E-state index >= 15 is 0 Å². The van der Waals surface area contributed by atoms with Crippen molar-refractivity contribution in [3.05, 3.63) is 4.85 Å². The highest BCUT2D eigenvalue weighted by atomic mass is 16.6. The lowest BCUT2D eigenvalue weighted by molar-refractivity contribution is -0.205. The highest BCUT2D eigenvalue weighted by molar-refractivity contribution is 6.01. The average Bonchev–Trinajstić information content (AvgIpc) is 2.68. The number of amides is 1. The molecule has 0 aromatic carbocycles. The van der Waals surface area contributed by atoms with Gasteiger partial charge in [-0.1, -0.05) is 18.7 Å². The van der Waals surface area contributed by atoms with Crippen molar-refractivity contribution in [3.63, 3.8) is 0 Å². The number of nitrogens with one attached hydrogen (secondary N) is 1. The minimum atomic E-state index is -2.06. The third-order valence-electron chi connectivity index (χ3n) is 5.22. The Balaban J connectivity index is 3.54. The van der Waals surface area contributed by atoms with Gasteiger partial charge in [0, 0.05) is 6.92 Å². The first-order valence-corrected chi connectivity index (χ1v) is 10.1. The quantitative estimate of drug-likeness (QED) is 0.432. The molecule has 0 saturated heterocycles. The number of hydrogen-bond acceptors (Lipinski definition) is 7. The Morgan fingerprint density at radius 2 is 1.66 bits per heavy atom. The molecular formula is C20H33N2O7+. The predicted molar refractivity (Wildman–Crippen MR) is 105 cm³/mol. The second kappa shape index (κ2) is 11.1. The Hall–Kier alpha value is -2.18. The summed E-state index contributed by atoms with van der Waals surface area (Å²) in [6.07, 6.45) is -2.05. The SMILES string of the molecule is C#[N+]C1CC(C(=O)OCC)(C(=O)OCC)C(O)C(OC(CC)CC)C1NC(C)=O. The van der Waals surface area contributed by atoms with Crippen molar-refractivity contribution in [1.29, 1.82) is 0 Å². The van der Waals surface area contributed by atoms with Crippen LogP contribution in [-0.2, 0) is 28.6 Å². The second-order valence-corrected chi connectivity index (χ2v) is 7.04. The Morgan fingerprint density at radius 1 is 1.14 bits per heavy atom. The first-order valence-electron chi connectivity index (χ1n) is 10.1. The zero-order valence-electron chi connectivity index (χ0n) is 17.8. The third-order valence-corrected chi connectivity index (χ3v) is 5.22. The lowest BCUT2D eigenvalue weighted by Crippen LogP contribution is -2.69. The summed E-state index contributed by atoms with van der Waals surface area (Å²) in [6.45, 7) is 13.9. The number of nitrogens with zero attached hydrogens (tertiary/aromatic N) is 1. The highest BCUT2D eigenvalue weighted by Gasteiger charge is 2.67. The number of aliphatic hydroxyl groups excluding tert-OH is 1. The molecule has 1 aliphatic rings. The molecule has 4 unspecified atom stereocenters. The molecule has 0 bridgehead atoms. The molecule has 164 valence electrons. The van der Waals surface area contributed by atoms with Gasteiger partial charge in [-0.3, -0.25) is 14.4 Å². The zero-order valence-corrected chi connectivity index (χ0v) is 17.8. The molecular weight excluding hydrogens is 380 g/mol. The first-order chi connectivity index (χ1) is 13.7. The van der Waals surface area contributed by atoms with Crippen LogP contribution in [0.2, 0.25) is 0 Å². The van der Waals surface area contributed by atoms with Crippen LogP contribution < -0.4 is 5.32 Å². The predicted octanol–water partition coefficient (Wildman–Crippen LogP) is 1.27. The van der Waals surface area contributed by atoms with Gasteiger partial charge in [0.05, 0.1) is 25.7 Å². The van der Waals surface area contributed by atoms with E-state index in [-0.39, 0.29) is 31.6 Å². The molecule has 0 heterocycles. The third kappa shape index (κ3) is 5.25. The molecule has 0 aromatic rings. The van der Waals surface area contributed by atoms with Crippen LogP contribution in [-0.4, -0.2) is 66.6 Å². The van der Waals surface area contributed by atoms with E-state index in [0.717, 1.165) is 0 Å². The number of hydrogen-bond donors (Lipinski definition) is 2. The zero-order chi connectivity index (χ0) is 22.2. The number of rotatable bonds is 9. The smallest absolute Gasteiger partial charge is 0.326 e. The number of carbonyl (C=O) groups is 3. The van der Waals surface area contributed by atoms with Gasteiger partial charge in [-0.15, -0.1) is 0 Å². The highest BCUT2D eigenvalue weighted by Crippen LogP contribution is 2.42. The van der Waals surface area contributed by atoms with Crippen LogP contribution in [0.5, 0.6) is 0 Å². The van der Waals surface area contributed by atoms with Crippen LogP contribution in [0.4, 0.5) is 0 Å². The number of carbonyl (C=O) groups excluding carboxylic acids is 3. The maximum Gasteiger partial charge on any atom is 0.326 e. The van der Waals surface area contributed by atoms with Gasteiger partial charge < -0.3 is 24.6 Å². The van der Waals surface area contributed by atoms with Gasteiger partial charge in [-0.05, 0) is 26.7 Å². The van der Waals surface area contributed by atoms with E-state index in [1.54, 1.807) is 13.8 Å². The van der Waals surface area contributed by atoms with E-state index in [2.05, 4.69) is 10.2 Å². The molecule has 0 radical (unpaired) electrons. The Kier molecular flexibility index (Phi) is 9.53. The molecule has 29 heavy (non-hydrogen) atoms. The molecule has 1 amide bonds. The summed E-state index contributed by atoms with van der Waals surface area (Å²) < 4.78 is 16.3. The Labute approximate surface area is 171 Å². The van der Waals surface area contributed by atoms with E-state index in [1.807, 2.05) is 13.8 Å². The number of aliphatic hydroxyl groups is 1. The minimum absolute atomic E-state index is 0.00430. The fraction of sp³-hybridized carbons (Fsp3) is 0.800. The molecule has 1 saturated carbocycles. The Bertz CT molecular complexity index is 609. The van der Waals surface area contributed by atoms with Crippen molar-refractivity contribution >= 4 is 17.8 Å². The van der Waals surface area contributed by atoms with E-state index in [4.69, 9.17) is 20.8 Å². The molecule has 0 spiro atoms. The molecule has 1 aliphatic carbocycles. The molecule has 9 nitrogen and oxygen atoms in total. The summed E-state index contributed by atoms with van der Waals surface area (Å²) in [4.78, 5) is 41.4. The molecule has 9 heteroatoms. The fourth-order valence-electron chi connectivity index (χ4n) is 3.71. The van der Waals surface area contributed by atoms with Gasteiger partial charge in [-0.25, -0.2) is 0 Å². The van der Waals surface area contributed by atoms with Crippen molar-refractivity contribution in [2.75, 3.05) is 13.2 Å². The normalized spacial score (nSPS) is 25.7. The Morgan fingerprint density at radius 3 is 2.03 bits per heavy atom. The summed E-state index contributed by atoms with van der Waals surface area (Å²) >= 11 is 0. The summed E-state index contributed by atoms with van der Waals surface area (Å²) in [5.41, 5.74) is -2.06. The summed E-state index contributed by atoms with van der Waals surface area (Å²) in [5.74, 6) is -2.24. The van der Waals surface area contributed by atoms with Crippen LogP contribution in [0.25, 0.3) is 4.85 Å². The summed E-state index contributed by atoms with van der Waals surface area (Å²) in [6, 6.07) is -1.71. The molecule has 2 N–H and O–H groups in total. The van der Waals surface area contributed by atoms with Crippen LogP contribution in [0.1, 0.15) is 53.9 Å². The fourth-order valence-corrected chi connectivity index (χ4v) is 3.71. The van der Waals surface area contributed by atoms with Crippen LogP contribution in [0.3, 0.4) is 0 Å². The van der Waals surface area contributed by atoms with Crippen molar-refractivity contribution in [3.8, 4) is 6.57 Å². The average molecular weight is 413 g/mol. The van der Waals surface area contributed by atoms with Gasteiger partial charge in [0.1, 0.15) is 18.2 Å². The number of esters is 2. The van der Waals surface area contributed by atoms with Gasteiger partial charge in [0.25, 0.3) is 12.6 Å². The van der Waals surface area contributed by atoms with Crippen LogP contribution in [0, 0.1) is 12.0 Å². The first kappa shape index (κ1) is 24.9. The van der Waals surface area contributed by atoms with Gasteiger partial charge in [0.15, 0.2) is 0 Å². The molecule has 0 aromatic heterocycles. The maximum absolute atomic E-state index is 12.9. The van der Waals surface area contributed by atoms with E-state index in [9.17, 15) is 19.5 Å². The summed E-state index contributed by atoms with van der Waals surface area (Å²) in [7, 11) is 0. The molecule has 1 rings (SSSR count). The number of ether oxygens (including phenoxy) is 3. The van der Waals surface area contributed by atoms with Crippen LogP contribution in [0.15, 0.2) is 0 Å². The lowest BCUT2D eigenvalue weighted by Gasteiger charge is -2.45. The van der Waals surface area contributed by atoms with Gasteiger partial charge in [-0.2, -0.15) is 0 Å². The summed E-state index contributed by atoms with van der Waals surface area (Å²) in [5, 5.41) is 13.9. The van der Waals surface area contributed by atoms with Crippen molar-refractivity contribution in [2.24, 2.45) is 5.41 Å². The maximum atomic E-state index is 12.9. The van der Waals surface area contributed by atoms with Crippen molar-refractivity contribution in [1.82, 2.24) is 5.32 Å². The topological polar surface area (TPSA) is 116 Å². The van der Waals surface area contributed by atoms with E-state index in [0.29, 0.717) is 12.8 Å². The van der Waals surface area contributed by atoms with E-state index < -0.39 is 41.6 Å². The standard InChI is InChI=1S/C20H32N2O7/c1-7-13(8-2)29-16-15(22-12(5)23)14(21-6)11-20(17(16)24,18(25)27-9-3)19(26)28-10-4/h6,13-17,24H,7-11H2,1-5H3/p+1. The lowest BCUT2D eigenvalue weighted by atomic mass is 9.66. The van der Waals surface area contributed by atoms with Crippen molar-refractivity contribution in [2.45, 2.75) is 84.3 Å². The molecule has 1 fully saturated rings. The van der Waals surface area contributed by atoms with Crippen molar-refractivity contribution < 1.29 is 33.7 Å². The van der Waals surface area contributed by atoms with Gasteiger partial charge >= 0.3 is 11.9 Å². The monoisotopic (exact) mass is 413 g/mol. The van der Waals surface area contributed by atoms with E-state index in [1.165, 1.54) is 6.92 Å². The molecule has 4 atom stereocenters. The van der Waals surface area contributed by atoms with Gasteiger partial charge in [0.2, 0.25) is 11.3 Å².